The molecule has 0 bridgehead atoms. The van der Waals surface area contributed by atoms with Gasteiger partial charge in [-0.2, -0.15) is 13.2 Å². The quantitative estimate of drug-likeness (QED) is 0.726. The van der Waals surface area contributed by atoms with Gasteiger partial charge in [0.2, 0.25) is 0 Å². The molecular weight excluding hydrogens is 253 g/mol. The van der Waals surface area contributed by atoms with E-state index >= 15 is 0 Å². The summed E-state index contributed by atoms with van der Waals surface area (Å²) in [6, 6.07) is 0. The molecule has 0 radical (unpaired) electrons. The molecule has 1 aliphatic carbocycles. The first-order valence-electron chi connectivity index (χ1n) is 6.14. The number of hydrogen-bond donors (Lipinski definition) is 0. The highest BCUT2D eigenvalue weighted by molar-refractivity contribution is 5.43. The Balaban J connectivity index is 3.13. The van der Waals surface area contributed by atoms with Crippen molar-refractivity contribution in [1.82, 2.24) is 9.80 Å². The van der Waals surface area contributed by atoms with Crippen LogP contribution in [0.5, 0.6) is 0 Å². The van der Waals surface area contributed by atoms with Gasteiger partial charge in [-0.1, -0.05) is 6.08 Å². The van der Waals surface area contributed by atoms with Gasteiger partial charge >= 0.3 is 6.18 Å². The summed E-state index contributed by atoms with van der Waals surface area (Å²) in [7, 11) is 5.76. The van der Waals surface area contributed by atoms with Gasteiger partial charge in [0.1, 0.15) is 0 Å². The molecule has 0 atom stereocenters. The molecule has 0 amide bonds. The molecule has 0 saturated carbocycles. The fourth-order valence-electron chi connectivity index (χ4n) is 2.21. The molecule has 5 heteroatoms. The summed E-state index contributed by atoms with van der Waals surface area (Å²) in [5.74, 6) is 0. The fourth-order valence-corrected chi connectivity index (χ4v) is 2.21. The molecule has 0 aliphatic heterocycles. The van der Waals surface area contributed by atoms with Gasteiger partial charge in [-0.25, -0.2) is 0 Å². The number of nitrogens with zero attached hydrogens (tertiary/aromatic N) is 2. The molecule has 0 heterocycles. The van der Waals surface area contributed by atoms with Crippen LogP contribution in [0.25, 0.3) is 0 Å². The highest BCUT2D eigenvalue weighted by atomic mass is 19.4. The van der Waals surface area contributed by atoms with Crippen LogP contribution in [0.1, 0.15) is 20.3 Å². The van der Waals surface area contributed by atoms with Gasteiger partial charge in [-0.15, -0.1) is 0 Å². The molecule has 108 valence electrons. The molecule has 0 unspecified atom stereocenters. The number of halogens is 3. The van der Waals surface area contributed by atoms with E-state index in [0.717, 1.165) is 5.70 Å². The summed E-state index contributed by atoms with van der Waals surface area (Å²) in [5, 5.41) is 0. The molecule has 19 heavy (non-hydrogen) atoms. The zero-order chi connectivity index (χ0) is 14.8. The lowest BCUT2D eigenvalue weighted by molar-refractivity contribution is -0.0893. The smallest absolute Gasteiger partial charge is 0.364 e. The third kappa shape index (κ3) is 4.13. The molecule has 0 aromatic heterocycles. The predicted molar refractivity (Wildman–Crippen MR) is 71.5 cm³/mol. The van der Waals surface area contributed by atoms with Gasteiger partial charge in [0.05, 0.1) is 12.2 Å². The summed E-state index contributed by atoms with van der Waals surface area (Å²) in [6.07, 6.45) is -0.868. The molecule has 0 saturated heterocycles. The minimum absolute atomic E-state index is 0.292. The van der Waals surface area contributed by atoms with Crippen molar-refractivity contribution in [1.29, 1.82) is 0 Å². The normalized spacial score (nSPS) is 17.3. The van der Waals surface area contributed by atoms with Gasteiger partial charge in [0, 0.05) is 19.2 Å². The topological polar surface area (TPSA) is 6.48 Å². The van der Waals surface area contributed by atoms with Crippen LogP contribution in [0.4, 0.5) is 13.2 Å². The first-order chi connectivity index (χ1) is 8.62. The van der Waals surface area contributed by atoms with Crippen LogP contribution in [0.2, 0.25) is 0 Å². The maximum Gasteiger partial charge on any atom is 0.416 e. The third-order valence-corrected chi connectivity index (χ3v) is 3.10. The van der Waals surface area contributed by atoms with Gasteiger partial charge in [0.25, 0.3) is 0 Å². The Labute approximate surface area is 112 Å². The lowest BCUT2D eigenvalue weighted by Crippen LogP contribution is -2.30. The minimum atomic E-state index is -4.29. The van der Waals surface area contributed by atoms with Crippen LogP contribution in [0, 0.1) is 0 Å². The number of rotatable bonds is 3. The van der Waals surface area contributed by atoms with Crippen molar-refractivity contribution in [3.8, 4) is 0 Å². The van der Waals surface area contributed by atoms with E-state index in [9.17, 15) is 13.2 Å². The monoisotopic (exact) mass is 274 g/mol. The maximum absolute atomic E-state index is 12.9. The standard InChI is InChI=1S/C14H21F3N2/c1-10-6-7-13(19(5)9-18(3)4)11(2)8-12(10)14(15,16)17/h6,8H,7,9H2,1-5H3. The molecule has 2 nitrogen and oxygen atoms in total. The zero-order valence-electron chi connectivity index (χ0n) is 12.1. The average Bonchev–Trinajstić information content (AvgIpc) is 2.36. The van der Waals surface area contributed by atoms with Crippen molar-refractivity contribution in [3.63, 3.8) is 0 Å². The van der Waals surface area contributed by atoms with Gasteiger partial charge in [0.15, 0.2) is 0 Å². The highest BCUT2D eigenvalue weighted by Gasteiger charge is 2.35. The molecule has 0 aromatic carbocycles. The SMILES string of the molecule is CC1=CCC(N(C)CN(C)C)=C(C)C=C1C(F)(F)F. The summed E-state index contributed by atoms with van der Waals surface area (Å²) >= 11 is 0. The predicted octanol–water partition coefficient (Wildman–Crippen LogP) is 3.55. The molecular formula is C14H21F3N2. The third-order valence-electron chi connectivity index (χ3n) is 3.10. The Bertz CT molecular complexity index is 428. The second kappa shape index (κ2) is 5.82. The van der Waals surface area contributed by atoms with Crippen LogP contribution in [-0.4, -0.2) is 43.8 Å². The Kier molecular flexibility index (Phi) is 4.85. The molecule has 0 spiro atoms. The van der Waals surface area contributed by atoms with E-state index in [0.29, 0.717) is 24.2 Å². The van der Waals surface area contributed by atoms with E-state index in [4.69, 9.17) is 0 Å². The van der Waals surface area contributed by atoms with Crippen molar-refractivity contribution in [3.05, 3.63) is 34.6 Å². The Morgan fingerprint density at radius 3 is 2.21 bits per heavy atom. The minimum Gasteiger partial charge on any atom is -0.364 e. The van der Waals surface area contributed by atoms with Gasteiger partial charge in [-0.3, -0.25) is 4.90 Å². The van der Waals surface area contributed by atoms with Crippen LogP contribution >= 0.6 is 0 Å². The Morgan fingerprint density at radius 2 is 1.74 bits per heavy atom. The first-order valence-corrected chi connectivity index (χ1v) is 6.14. The van der Waals surface area contributed by atoms with E-state index in [1.54, 1.807) is 13.0 Å². The fraction of sp³-hybridized carbons (Fsp3) is 0.571. The summed E-state index contributed by atoms with van der Waals surface area (Å²) in [6.45, 7) is 3.93. The second-order valence-corrected chi connectivity index (χ2v) is 5.20. The number of alkyl halides is 3. The molecule has 1 aliphatic rings. The highest BCUT2D eigenvalue weighted by Crippen LogP contribution is 2.35. The lowest BCUT2D eigenvalue weighted by atomic mass is 10.1. The van der Waals surface area contributed by atoms with Gasteiger partial charge in [-0.05, 0) is 45.2 Å². The Hall–Kier alpha value is -1.23. The van der Waals surface area contributed by atoms with Crippen LogP contribution in [0.3, 0.4) is 0 Å². The van der Waals surface area contributed by atoms with Crippen molar-refractivity contribution in [2.24, 2.45) is 0 Å². The van der Waals surface area contributed by atoms with Crippen molar-refractivity contribution in [2.75, 3.05) is 27.8 Å². The second-order valence-electron chi connectivity index (χ2n) is 5.20. The summed E-state index contributed by atoms with van der Waals surface area (Å²) in [5.41, 5.74) is 1.34. The molecule has 0 N–H and O–H groups in total. The van der Waals surface area contributed by atoms with E-state index in [1.165, 1.54) is 13.0 Å². The number of hydrogen-bond acceptors (Lipinski definition) is 2. The van der Waals surface area contributed by atoms with Crippen molar-refractivity contribution < 1.29 is 13.2 Å². The van der Waals surface area contributed by atoms with Crippen molar-refractivity contribution >= 4 is 0 Å². The van der Waals surface area contributed by atoms with Crippen LogP contribution in [-0.2, 0) is 0 Å². The first kappa shape index (κ1) is 15.8. The van der Waals surface area contributed by atoms with Crippen LogP contribution in [0.15, 0.2) is 34.6 Å². The van der Waals surface area contributed by atoms with E-state index in [-0.39, 0.29) is 0 Å². The van der Waals surface area contributed by atoms with Crippen molar-refractivity contribution in [2.45, 2.75) is 26.4 Å². The average molecular weight is 274 g/mol. The molecule has 0 fully saturated rings. The van der Waals surface area contributed by atoms with Gasteiger partial charge < -0.3 is 4.90 Å². The zero-order valence-corrected chi connectivity index (χ0v) is 12.1. The Morgan fingerprint density at radius 1 is 1.16 bits per heavy atom. The molecule has 1 rings (SSSR count). The largest absolute Gasteiger partial charge is 0.416 e. The van der Waals surface area contributed by atoms with E-state index < -0.39 is 11.7 Å². The summed E-state index contributed by atoms with van der Waals surface area (Å²) in [4.78, 5) is 3.96. The lowest BCUT2D eigenvalue weighted by Gasteiger charge is -2.26. The molecule has 0 aromatic rings. The van der Waals surface area contributed by atoms with E-state index in [1.807, 2.05) is 30.9 Å². The summed E-state index contributed by atoms with van der Waals surface area (Å²) < 4.78 is 38.8. The van der Waals surface area contributed by atoms with Crippen LogP contribution < -0.4 is 0 Å². The van der Waals surface area contributed by atoms with E-state index in [2.05, 4.69) is 0 Å². The number of allylic oxidation sites excluding steroid dienone is 5. The maximum atomic E-state index is 12.9.